The average Bonchev–Trinajstić information content (AvgIpc) is 2.50. The number of likely N-dealkylation sites (N-methyl/N-ethyl adjacent to an activating group) is 1. The van der Waals surface area contributed by atoms with Crippen LogP contribution in [0.5, 0.6) is 0 Å². The van der Waals surface area contributed by atoms with E-state index in [2.05, 4.69) is 19.2 Å². The fraction of sp³-hybridized carbons (Fsp3) is 0.444. The highest BCUT2D eigenvalue weighted by Gasteiger charge is 2.13. The minimum Gasteiger partial charge on any atom is -0.445 e. The summed E-state index contributed by atoms with van der Waals surface area (Å²) in [7, 11) is 3.37. The third-order valence-corrected chi connectivity index (χ3v) is 3.15. The summed E-state index contributed by atoms with van der Waals surface area (Å²) in [4.78, 5) is 25.0. The van der Waals surface area contributed by atoms with Gasteiger partial charge in [-0.25, -0.2) is 4.79 Å². The SMILES string of the molecule is CC(C)C[C@@H](/C=C/C(=O)N(C)C)NC(=O)OCc1ccccc1. The van der Waals surface area contributed by atoms with Crippen molar-refractivity contribution in [3.05, 3.63) is 48.0 Å². The Morgan fingerprint density at radius 3 is 2.43 bits per heavy atom. The van der Waals surface area contributed by atoms with Crippen LogP contribution in [-0.2, 0) is 16.1 Å². The lowest BCUT2D eigenvalue weighted by Gasteiger charge is -2.17. The first-order valence-electron chi connectivity index (χ1n) is 7.75. The number of carbonyl (C=O) groups excluding carboxylic acids is 2. The van der Waals surface area contributed by atoms with Gasteiger partial charge in [0.15, 0.2) is 0 Å². The number of hydrogen-bond acceptors (Lipinski definition) is 3. The van der Waals surface area contributed by atoms with E-state index in [1.165, 1.54) is 11.0 Å². The zero-order valence-electron chi connectivity index (χ0n) is 14.3. The molecule has 1 aromatic rings. The molecule has 0 fully saturated rings. The van der Waals surface area contributed by atoms with Crippen molar-refractivity contribution >= 4 is 12.0 Å². The van der Waals surface area contributed by atoms with Crippen LogP contribution in [0.2, 0.25) is 0 Å². The van der Waals surface area contributed by atoms with Crippen LogP contribution in [0, 0.1) is 5.92 Å². The largest absolute Gasteiger partial charge is 0.445 e. The molecule has 1 N–H and O–H groups in total. The molecule has 1 aromatic carbocycles. The molecule has 0 radical (unpaired) electrons. The summed E-state index contributed by atoms with van der Waals surface area (Å²) in [6, 6.07) is 9.27. The standard InChI is InChI=1S/C18H26N2O3/c1-14(2)12-16(10-11-17(21)20(3)4)19-18(22)23-13-15-8-6-5-7-9-15/h5-11,14,16H,12-13H2,1-4H3,(H,19,22)/b11-10+/t16-/m1/s1. The zero-order chi connectivity index (χ0) is 17.2. The van der Waals surface area contributed by atoms with Crippen LogP contribution < -0.4 is 5.32 Å². The molecule has 0 saturated heterocycles. The van der Waals surface area contributed by atoms with Gasteiger partial charge >= 0.3 is 6.09 Å². The van der Waals surface area contributed by atoms with Gasteiger partial charge in [0.05, 0.1) is 6.04 Å². The molecule has 2 amide bonds. The number of rotatable bonds is 7. The predicted molar refractivity (Wildman–Crippen MR) is 90.8 cm³/mol. The first kappa shape index (κ1) is 18.7. The molecular weight excluding hydrogens is 292 g/mol. The number of hydrogen-bond donors (Lipinski definition) is 1. The van der Waals surface area contributed by atoms with E-state index in [0.29, 0.717) is 5.92 Å². The molecule has 1 atom stereocenters. The van der Waals surface area contributed by atoms with Crippen LogP contribution in [0.3, 0.4) is 0 Å². The second-order valence-corrected chi connectivity index (χ2v) is 6.03. The van der Waals surface area contributed by atoms with Crippen molar-refractivity contribution in [2.45, 2.75) is 32.9 Å². The zero-order valence-corrected chi connectivity index (χ0v) is 14.3. The lowest BCUT2D eigenvalue weighted by Crippen LogP contribution is -2.35. The summed E-state index contributed by atoms with van der Waals surface area (Å²) < 4.78 is 5.22. The Bertz CT molecular complexity index is 524. The van der Waals surface area contributed by atoms with Crippen molar-refractivity contribution < 1.29 is 14.3 Å². The number of amides is 2. The number of alkyl carbamates (subject to hydrolysis) is 1. The van der Waals surface area contributed by atoms with E-state index in [-0.39, 0.29) is 18.6 Å². The highest BCUT2D eigenvalue weighted by atomic mass is 16.5. The predicted octanol–water partition coefficient (Wildman–Crippen LogP) is 2.97. The maximum Gasteiger partial charge on any atom is 0.407 e. The van der Waals surface area contributed by atoms with E-state index < -0.39 is 6.09 Å². The highest BCUT2D eigenvalue weighted by molar-refractivity contribution is 5.87. The van der Waals surface area contributed by atoms with Gasteiger partial charge in [-0.1, -0.05) is 50.3 Å². The Kier molecular flexibility index (Phi) is 7.88. The van der Waals surface area contributed by atoms with Crippen LogP contribution in [0.1, 0.15) is 25.8 Å². The van der Waals surface area contributed by atoms with E-state index in [0.717, 1.165) is 12.0 Å². The summed E-state index contributed by atoms with van der Waals surface area (Å²) in [6.45, 7) is 4.35. The summed E-state index contributed by atoms with van der Waals surface area (Å²) in [5, 5.41) is 2.79. The van der Waals surface area contributed by atoms with Gasteiger partial charge in [-0.3, -0.25) is 4.79 Å². The van der Waals surface area contributed by atoms with E-state index >= 15 is 0 Å². The van der Waals surface area contributed by atoms with Crippen molar-refractivity contribution in [3.8, 4) is 0 Å². The lowest BCUT2D eigenvalue weighted by atomic mass is 10.0. The van der Waals surface area contributed by atoms with Crippen LogP contribution in [0.15, 0.2) is 42.5 Å². The molecule has 0 aromatic heterocycles. The second kappa shape index (κ2) is 9.66. The van der Waals surface area contributed by atoms with Crippen LogP contribution >= 0.6 is 0 Å². The lowest BCUT2D eigenvalue weighted by molar-refractivity contribution is -0.123. The number of nitrogens with zero attached hydrogens (tertiary/aromatic N) is 1. The van der Waals surface area contributed by atoms with Crippen LogP contribution in [0.4, 0.5) is 4.79 Å². The second-order valence-electron chi connectivity index (χ2n) is 6.03. The Morgan fingerprint density at radius 2 is 1.87 bits per heavy atom. The molecule has 1 rings (SSSR count). The number of benzene rings is 1. The molecule has 0 heterocycles. The fourth-order valence-electron chi connectivity index (χ4n) is 1.96. The summed E-state index contributed by atoms with van der Waals surface area (Å²) in [5.74, 6) is 0.270. The quantitative estimate of drug-likeness (QED) is 0.786. The highest BCUT2D eigenvalue weighted by Crippen LogP contribution is 2.07. The molecule has 23 heavy (non-hydrogen) atoms. The Hall–Kier alpha value is -2.30. The van der Waals surface area contributed by atoms with E-state index in [9.17, 15) is 9.59 Å². The molecule has 0 saturated carbocycles. The minimum atomic E-state index is -0.485. The molecule has 0 unspecified atom stereocenters. The maximum atomic E-state index is 11.9. The van der Waals surface area contributed by atoms with E-state index in [1.807, 2.05) is 30.3 Å². The molecule has 0 bridgehead atoms. The van der Waals surface area contributed by atoms with Crippen molar-refractivity contribution in [2.24, 2.45) is 5.92 Å². The van der Waals surface area contributed by atoms with Gasteiger partial charge in [0.1, 0.15) is 6.61 Å². The van der Waals surface area contributed by atoms with Crippen molar-refractivity contribution in [2.75, 3.05) is 14.1 Å². The van der Waals surface area contributed by atoms with E-state index in [1.54, 1.807) is 20.2 Å². The molecule has 0 spiro atoms. The molecule has 0 aliphatic heterocycles. The average molecular weight is 318 g/mol. The molecule has 0 aliphatic carbocycles. The van der Waals surface area contributed by atoms with Gasteiger partial charge in [0, 0.05) is 20.2 Å². The van der Waals surface area contributed by atoms with Gasteiger partial charge in [0.2, 0.25) is 5.91 Å². The molecule has 126 valence electrons. The maximum absolute atomic E-state index is 11.9. The van der Waals surface area contributed by atoms with Crippen LogP contribution in [-0.4, -0.2) is 37.0 Å². The first-order chi connectivity index (χ1) is 10.9. The third kappa shape index (κ3) is 8.04. The van der Waals surface area contributed by atoms with Crippen molar-refractivity contribution in [3.63, 3.8) is 0 Å². The van der Waals surface area contributed by atoms with Gasteiger partial charge in [0.25, 0.3) is 0 Å². The topological polar surface area (TPSA) is 58.6 Å². The monoisotopic (exact) mass is 318 g/mol. The molecule has 5 nitrogen and oxygen atoms in total. The number of nitrogens with one attached hydrogen (secondary N) is 1. The Balaban J connectivity index is 2.54. The number of carbonyl (C=O) groups is 2. The summed E-state index contributed by atoms with van der Waals surface area (Å²) in [6.07, 6.45) is 3.44. The molecule has 0 aliphatic rings. The Morgan fingerprint density at radius 1 is 1.22 bits per heavy atom. The van der Waals surface area contributed by atoms with Gasteiger partial charge in [-0.05, 0) is 17.9 Å². The van der Waals surface area contributed by atoms with Crippen LogP contribution in [0.25, 0.3) is 0 Å². The van der Waals surface area contributed by atoms with Gasteiger partial charge < -0.3 is 15.0 Å². The first-order valence-corrected chi connectivity index (χ1v) is 7.75. The summed E-state index contributed by atoms with van der Waals surface area (Å²) >= 11 is 0. The fourth-order valence-corrected chi connectivity index (χ4v) is 1.96. The van der Waals surface area contributed by atoms with Gasteiger partial charge in [-0.15, -0.1) is 0 Å². The van der Waals surface area contributed by atoms with Gasteiger partial charge in [-0.2, -0.15) is 0 Å². The van der Waals surface area contributed by atoms with Crippen molar-refractivity contribution in [1.82, 2.24) is 10.2 Å². The normalized spacial score (nSPS) is 12.2. The third-order valence-electron chi connectivity index (χ3n) is 3.15. The number of ether oxygens (including phenoxy) is 1. The van der Waals surface area contributed by atoms with E-state index in [4.69, 9.17) is 4.74 Å². The summed E-state index contributed by atoms with van der Waals surface area (Å²) in [5.41, 5.74) is 0.932. The van der Waals surface area contributed by atoms with Crippen molar-refractivity contribution in [1.29, 1.82) is 0 Å². The minimum absolute atomic E-state index is 0.113. The molecule has 5 heteroatoms. The Labute approximate surface area is 138 Å². The molecular formula is C18H26N2O3. The smallest absolute Gasteiger partial charge is 0.407 e.